The van der Waals surface area contributed by atoms with Crippen molar-refractivity contribution < 1.29 is 14.3 Å². The molecule has 0 unspecified atom stereocenters. The smallest absolute Gasteiger partial charge is 0.322 e. The molecule has 0 bridgehead atoms. The molecule has 5 heterocycles. The van der Waals surface area contributed by atoms with E-state index in [9.17, 15) is 14.9 Å². The van der Waals surface area contributed by atoms with Crippen LogP contribution >= 0.6 is 0 Å². The van der Waals surface area contributed by atoms with Crippen LogP contribution in [0.2, 0.25) is 0 Å². The summed E-state index contributed by atoms with van der Waals surface area (Å²) in [5.74, 6) is 1.61. The molecule has 188 valence electrons. The Morgan fingerprint density at radius 3 is 2.76 bits per heavy atom. The number of carbonyl (C=O) groups is 2. The summed E-state index contributed by atoms with van der Waals surface area (Å²) in [6.07, 6.45) is 2.90. The standard InChI is InChI=1S/C23H23N11O3/c1-31(2)23(36)28-17-9-13(5-6-25-17)37-16-12-26-20-19(14(16)11-24)33(4)22(29-20)27-18-10-15-21(35)32(3)7-8-34(15)30-18/h5-6,9-10,12H,7-8H2,1-4H3,(H,25,28,36)(H,26,27,29,30). The van der Waals surface area contributed by atoms with Gasteiger partial charge in [0, 0.05) is 53.1 Å². The van der Waals surface area contributed by atoms with Gasteiger partial charge in [-0.1, -0.05) is 0 Å². The van der Waals surface area contributed by atoms with Gasteiger partial charge in [-0.05, 0) is 6.07 Å². The van der Waals surface area contributed by atoms with Crippen LogP contribution in [0, 0.1) is 11.3 Å². The summed E-state index contributed by atoms with van der Waals surface area (Å²) < 4.78 is 9.27. The molecule has 0 fully saturated rings. The fourth-order valence-corrected chi connectivity index (χ4v) is 3.82. The largest absolute Gasteiger partial charge is 0.454 e. The summed E-state index contributed by atoms with van der Waals surface area (Å²) in [5.41, 5.74) is 1.50. The summed E-state index contributed by atoms with van der Waals surface area (Å²) in [5, 5.41) is 20.2. The van der Waals surface area contributed by atoms with Gasteiger partial charge in [0.1, 0.15) is 34.4 Å². The van der Waals surface area contributed by atoms with Gasteiger partial charge in [0.2, 0.25) is 5.95 Å². The van der Waals surface area contributed by atoms with Gasteiger partial charge in [0.25, 0.3) is 5.91 Å². The van der Waals surface area contributed by atoms with Crippen molar-refractivity contribution in [3.63, 3.8) is 0 Å². The van der Waals surface area contributed by atoms with E-state index in [1.807, 2.05) is 0 Å². The minimum Gasteiger partial charge on any atom is -0.454 e. The van der Waals surface area contributed by atoms with E-state index in [4.69, 9.17) is 4.74 Å². The zero-order valence-corrected chi connectivity index (χ0v) is 20.6. The summed E-state index contributed by atoms with van der Waals surface area (Å²) >= 11 is 0. The lowest BCUT2D eigenvalue weighted by atomic mass is 10.2. The Bertz CT molecular complexity index is 1580. The molecule has 0 spiro atoms. The minimum atomic E-state index is -0.338. The van der Waals surface area contributed by atoms with Crippen LogP contribution in [0.1, 0.15) is 16.1 Å². The maximum atomic E-state index is 12.4. The number of fused-ring (bicyclic) bond motifs is 2. The second-order valence-electron chi connectivity index (χ2n) is 8.57. The van der Waals surface area contributed by atoms with Gasteiger partial charge in [-0.25, -0.2) is 14.8 Å². The molecule has 2 N–H and O–H groups in total. The second-order valence-corrected chi connectivity index (χ2v) is 8.57. The SMILES string of the molecule is CN(C)C(=O)Nc1cc(Oc2cnc3nc(Nc4cc5n(n4)CCN(C)C5=O)n(C)c3c2C#N)ccn1. The highest BCUT2D eigenvalue weighted by atomic mass is 16.5. The van der Waals surface area contributed by atoms with Crippen molar-refractivity contribution in [1.29, 1.82) is 5.26 Å². The molecule has 3 amide bonds. The number of hydrogen-bond donors (Lipinski definition) is 2. The van der Waals surface area contributed by atoms with E-state index in [1.54, 1.807) is 60.5 Å². The molecular weight excluding hydrogens is 478 g/mol. The Morgan fingerprint density at radius 2 is 2.00 bits per heavy atom. The van der Waals surface area contributed by atoms with Crippen LogP contribution in [0.4, 0.5) is 22.4 Å². The van der Waals surface area contributed by atoms with Crippen LogP contribution in [-0.4, -0.2) is 78.7 Å². The summed E-state index contributed by atoms with van der Waals surface area (Å²) in [6.45, 7) is 1.18. The van der Waals surface area contributed by atoms with Gasteiger partial charge in [0.15, 0.2) is 17.2 Å². The van der Waals surface area contributed by atoms with Crippen LogP contribution in [0.3, 0.4) is 0 Å². The normalized spacial score (nSPS) is 12.7. The molecular formula is C23H23N11O3. The molecule has 0 saturated carbocycles. The third kappa shape index (κ3) is 4.33. The molecule has 5 rings (SSSR count). The second kappa shape index (κ2) is 9.11. The first-order valence-corrected chi connectivity index (χ1v) is 11.2. The Kier molecular flexibility index (Phi) is 5.80. The first kappa shape index (κ1) is 23.5. The molecule has 14 nitrogen and oxygen atoms in total. The lowest BCUT2D eigenvalue weighted by Gasteiger charge is -2.22. The van der Waals surface area contributed by atoms with Crippen molar-refractivity contribution in [3.05, 3.63) is 41.9 Å². The third-order valence-electron chi connectivity index (χ3n) is 5.81. The summed E-state index contributed by atoms with van der Waals surface area (Å²) in [7, 11) is 6.72. The fourth-order valence-electron chi connectivity index (χ4n) is 3.82. The average Bonchev–Trinajstić information content (AvgIpc) is 3.43. The topological polar surface area (TPSA) is 159 Å². The zero-order chi connectivity index (χ0) is 26.3. The maximum absolute atomic E-state index is 12.4. The molecule has 0 aromatic carbocycles. The number of nitriles is 1. The summed E-state index contributed by atoms with van der Waals surface area (Å²) in [4.78, 5) is 40.3. The van der Waals surface area contributed by atoms with E-state index in [0.29, 0.717) is 53.3 Å². The highest BCUT2D eigenvalue weighted by molar-refractivity contribution is 5.94. The quantitative estimate of drug-likeness (QED) is 0.418. The first-order valence-electron chi connectivity index (χ1n) is 11.2. The number of likely N-dealkylation sites (N-methyl/N-ethyl adjacent to an activating group) is 1. The van der Waals surface area contributed by atoms with Gasteiger partial charge in [0.05, 0.1) is 12.7 Å². The Hall–Kier alpha value is -5.19. The highest BCUT2D eigenvalue weighted by Crippen LogP contribution is 2.32. The summed E-state index contributed by atoms with van der Waals surface area (Å²) in [6, 6.07) is 6.65. The van der Waals surface area contributed by atoms with Gasteiger partial charge in [-0.2, -0.15) is 15.3 Å². The molecule has 0 radical (unpaired) electrons. The molecule has 0 aliphatic carbocycles. The number of hydrogen-bond acceptors (Lipinski definition) is 9. The number of anilines is 3. The monoisotopic (exact) mass is 501 g/mol. The fraction of sp³-hybridized carbons (Fsp3) is 0.261. The Morgan fingerprint density at radius 1 is 1.19 bits per heavy atom. The van der Waals surface area contributed by atoms with Crippen molar-refractivity contribution >= 4 is 40.7 Å². The van der Waals surface area contributed by atoms with E-state index < -0.39 is 0 Å². The zero-order valence-electron chi connectivity index (χ0n) is 20.6. The average molecular weight is 502 g/mol. The van der Waals surface area contributed by atoms with Gasteiger partial charge in [-0.15, -0.1) is 0 Å². The number of aromatic nitrogens is 6. The van der Waals surface area contributed by atoms with Gasteiger partial charge < -0.3 is 24.4 Å². The molecule has 14 heteroatoms. The lowest BCUT2D eigenvalue weighted by molar-refractivity contribution is 0.0743. The van der Waals surface area contributed by atoms with Crippen LogP contribution in [0.25, 0.3) is 11.2 Å². The number of ether oxygens (including phenoxy) is 1. The first-order chi connectivity index (χ1) is 17.7. The molecule has 4 aromatic heterocycles. The number of imidazole rings is 1. The van der Waals surface area contributed by atoms with Crippen LogP contribution in [-0.2, 0) is 13.6 Å². The van der Waals surface area contributed by atoms with E-state index in [1.165, 1.54) is 17.3 Å². The number of pyridine rings is 2. The predicted molar refractivity (Wildman–Crippen MR) is 133 cm³/mol. The van der Waals surface area contributed by atoms with Gasteiger partial charge >= 0.3 is 6.03 Å². The van der Waals surface area contributed by atoms with E-state index in [0.717, 1.165) is 0 Å². The van der Waals surface area contributed by atoms with Gasteiger partial charge in [-0.3, -0.25) is 14.8 Å². The van der Waals surface area contributed by atoms with Crippen molar-refractivity contribution in [2.24, 2.45) is 7.05 Å². The van der Waals surface area contributed by atoms with Crippen LogP contribution in [0.15, 0.2) is 30.6 Å². The third-order valence-corrected chi connectivity index (χ3v) is 5.81. The van der Waals surface area contributed by atoms with Crippen molar-refractivity contribution in [2.45, 2.75) is 6.54 Å². The number of rotatable bonds is 5. The molecule has 0 atom stereocenters. The predicted octanol–water partition coefficient (Wildman–Crippen LogP) is 2.15. The molecule has 1 aliphatic rings. The number of nitrogens with zero attached hydrogens (tertiary/aromatic N) is 9. The van der Waals surface area contributed by atoms with E-state index in [-0.39, 0.29) is 23.3 Å². The van der Waals surface area contributed by atoms with Crippen molar-refractivity contribution in [2.75, 3.05) is 38.3 Å². The molecule has 37 heavy (non-hydrogen) atoms. The van der Waals surface area contributed by atoms with E-state index >= 15 is 0 Å². The number of aryl methyl sites for hydroxylation is 1. The molecule has 1 aliphatic heterocycles. The van der Waals surface area contributed by atoms with Crippen LogP contribution < -0.4 is 15.4 Å². The van der Waals surface area contributed by atoms with Crippen LogP contribution in [0.5, 0.6) is 11.5 Å². The van der Waals surface area contributed by atoms with E-state index in [2.05, 4.69) is 36.8 Å². The number of carbonyl (C=O) groups excluding carboxylic acids is 2. The van der Waals surface area contributed by atoms with Crippen molar-refractivity contribution in [1.82, 2.24) is 39.1 Å². The highest BCUT2D eigenvalue weighted by Gasteiger charge is 2.25. The Labute approximate surface area is 211 Å². The molecule has 4 aromatic rings. The molecule has 0 saturated heterocycles. The maximum Gasteiger partial charge on any atom is 0.322 e. The minimum absolute atomic E-state index is 0.104. The van der Waals surface area contributed by atoms with Crippen molar-refractivity contribution in [3.8, 4) is 17.6 Å². The lowest BCUT2D eigenvalue weighted by Crippen LogP contribution is -2.37. The number of nitrogens with one attached hydrogen (secondary N) is 2. The number of urea groups is 1. The number of amides is 3. The Balaban J connectivity index is 1.44.